The minimum Gasteiger partial charge on any atom is -0.358 e. The first-order valence-corrected chi connectivity index (χ1v) is 9.65. The molecule has 0 saturated carbocycles. The van der Waals surface area contributed by atoms with E-state index in [1.54, 1.807) is 29.7 Å². The number of hydrogen-bond donors (Lipinski definition) is 1. The van der Waals surface area contributed by atoms with Crippen molar-refractivity contribution in [3.8, 4) is 10.6 Å². The summed E-state index contributed by atoms with van der Waals surface area (Å²) in [5.74, 6) is 0.120. The monoisotopic (exact) mass is 364 g/mol. The Morgan fingerprint density at radius 3 is 2.71 bits per heavy atom. The second kappa shape index (κ2) is 7.87. The van der Waals surface area contributed by atoms with Crippen molar-refractivity contribution < 1.29 is 9.59 Å². The first kappa shape index (κ1) is 17.1. The average Bonchev–Trinajstić information content (AvgIpc) is 3.26. The molecule has 24 heavy (non-hydrogen) atoms. The molecule has 0 bridgehead atoms. The van der Waals surface area contributed by atoms with Crippen molar-refractivity contribution in [2.75, 3.05) is 39.8 Å². The summed E-state index contributed by atoms with van der Waals surface area (Å²) in [4.78, 5) is 32.3. The molecule has 2 amide bonds. The summed E-state index contributed by atoms with van der Waals surface area (Å²) in [7, 11) is 1.64. The van der Waals surface area contributed by atoms with Crippen molar-refractivity contribution in [1.82, 2.24) is 20.1 Å². The SMILES string of the molecule is CNC(=O)CN1CCN(C(=O)Cc2csc(-c3ccsc3)n2)CC1. The van der Waals surface area contributed by atoms with Crippen molar-refractivity contribution >= 4 is 34.5 Å². The van der Waals surface area contributed by atoms with Crippen LogP contribution < -0.4 is 5.32 Å². The molecule has 0 unspecified atom stereocenters. The highest BCUT2D eigenvalue weighted by molar-refractivity contribution is 7.14. The topological polar surface area (TPSA) is 65.5 Å². The first-order chi connectivity index (χ1) is 11.7. The molecule has 128 valence electrons. The number of thiazole rings is 1. The molecule has 6 nitrogen and oxygen atoms in total. The Labute approximate surface area is 149 Å². The van der Waals surface area contributed by atoms with Gasteiger partial charge in [0, 0.05) is 49.6 Å². The van der Waals surface area contributed by atoms with Crippen LogP contribution in [0.25, 0.3) is 10.6 Å². The molecule has 2 aromatic heterocycles. The summed E-state index contributed by atoms with van der Waals surface area (Å²) in [5.41, 5.74) is 1.95. The van der Waals surface area contributed by atoms with E-state index in [1.807, 2.05) is 21.7 Å². The van der Waals surface area contributed by atoms with Gasteiger partial charge in [-0.25, -0.2) is 4.98 Å². The van der Waals surface area contributed by atoms with Crippen LogP contribution in [-0.4, -0.2) is 66.4 Å². The Morgan fingerprint density at radius 1 is 1.25 bits per heavy atom. The first-order valence-electron chi connectivity index (χ1n) is 7.83. The molecule has 1 aliphatic rings. The number of amides is 2. The molecule has 1 N–H and O–H groups in total. The van der Waals surface area contributed by atoms with E-state index in [2.05, 4.69) is 20.6 Å². The molecular weight excluding hydrogens is 344 g/mol. The van der Waals surface area contributed by atoms with Gasteiger partial charge in [-0.15, -0.1) is 11.3 Å². The van der Waals surface area contributed by atoms with Crippen LogP contribution in [0, 0.1) is 0 Å². The zero-order valence-electron chi connectivity index (χ0n) is 13.5. The molecule has 0 aliphatic carbocycles. The molecule has 3 rings (SSSR count). The van der Waals surface area contributed by atoms with Gasteiger partial charge in [0.2, 0.25) is 11.8 Å². The molecule has 2 aromatic rings. The molecule has 3 heterocycles. The number of nitrogens with one attached hydrogen (secondary N) is 1. The van der Waals surface area contributed by atoms with E-state index in [4.69, 9.17) is 0 Å². The van der Waals surface area contributed by atoms with Crippen LogP contribution in [0.15, 0.2) is 22.2 Å². The molecule has 0 radical (unpaired) electrons. The van der Waals surface area contributed by atoms with Crippen LogP contribution in [0.5, 0.6) is 0 Å². The molecular formula is C16H20N4O2S2. The Kier molecular flexibility index (Phi) is 5.60. The van der Waals surface area contributed by atoms with Crippen LogP contribution in [0.1, 0.15) is 5.69 Å². The number of thiophene rings is 1. The summed E-state index contributed by atoms with van der Waals surface area (Å²) >= 11 is 3.22. The lowest BCUT2D eigenvalue weighted by Gasteiger charge is -2.34. The third kappa shape index (κ3) is 4.19. The van der Waals surface area contributed by atoms with Gasteiger partial charge in [0.1, 0.15) is 5.01 Å². The highest BCUT2D eigenvalue weighted by Crippen LogP contribution is 2.26. The Bertz CT molecular complexity index is 691. The number of rotatable bonds is 5. The molecule has 0 spiro atoms. The summed E-state index contributed by atoms with van der Waals surface area (Å²) in [5, 5.41) is 9.65. The zero-order valence-corrected chi connectivity index (χ0v) is 15.2. The summed E-state index contributed by atoms with van der Waals surface area (Å²) in [6.45, 7) is 3.19. The van der Waals surface area contributed by atoms with E-state index in [9.17, 15) is 9.59 Å². The van der Waals surface area contributed by atoms with Crippen molar-refractivity contribution in [3.63, 3.8) is 0 Å². The van der Waals surface area contributed by atoms with Crippen LogP contribution in [0.3, 0.4) is 0 Å². The predicted molar refractivity (Wildman–Crippen MR) is 96.2 cm³/mol. The number of aromatic nitrogens is 1. The summed E-state index contributed by atoms with van der Waals surface area (Å²) in [6.07, 6.45) is 0.343. The third-order valence-corrected chi connectivity index (χ3v) is 5.65. The second-order valence-corrected chi connectivity index (χ2v) is 7.30. The summed E-state index contributed by atoms with van der Waals surface area (Å²) < 4.78 is 0. The highest BCUT2D eigenvalue weighted by Gasteiger charge is 2.22. The molecule has 1 saturated heterocycles. The quantitative estimate of drug-likeness (QED) is 0.869. The van der Waals surface area contributed by atoms with Crippen LogP contribution in [-0.2, 0) is 16.0 Å². The molecule has 1 aliphatic heterocycles. The highest BCUT2D eigenvalue weighted by atomic mass is 32.1. The largest absolute Gasteiger partial charge is 0.358 e. The van der Waals surface area contributed by atoms with E-state index in [1.165, 1.54) is 0 Å². The van der Waals surface area contributed by atoms with Crippen molar-refractivity contribution in [2.24, 2.45) is 0 Å². The van der Waals surface area contributed by atoms with Crippen LogP contribution in [0.4, 0.5) is 0 Å². The van der Waals surface area contributed by atoms with Gasteiger partial charge >= 0.3 is 0 Å². The van der Waals surface area contributed by atoms with E-state index in [0.29, 0.717) is 26.1 Å². The van der Waals surface area contributed by atoms with Gasteiger partial charge in [0.15, 0.2) is 0 Å². The van der Waals surface area contributed by atoms with E-state index < -0.39 is 0 Å². The zero-order chi connectivity index (χ0) is 16.9. The van der Waals surface area contributed by atoms with Gasteiger partial charge in [-0.1, -0.05) is 0 Å². The maximum Gasteiger partial charge on any atom is 0.233 e. The molecule has 1 fully saturated rings. The fourth-order valence-electron chi connectivity index (χ4n) is 2.61. The smallest absolute Gasteiger partial charge is 0.233 e. The van der Waals surface area contributed by atoms with Crippen LogP contribution in [0.2, 0.25) is 0 Å². The maximum absolute atomic E-state index is 12.4. The number of carbonyl (C=O) groups excluding carboxylic acids is 2. The van der Waals surface area contributed by atoms with Gasteiger partial charge in [-0.2, -0.15) is 11.3 Å². The predicted octanol–water partition coefficient (Wildman–Crippen LogP) is 1.30. The molecule has 0 aromatic carbocycles. The fourth-order valence-corrected chi connectivity index (χ4v) is 4.14. The molecule has 0 atom stereocenters. The average molecular weight is 364 g/mol. The van der Waals surface area contributed by atoms with Gasteiger partial charge < -0.3 is 10.2 Å². The van der Waals surface area contributed by atoms with Gasteiger partial charge in [0.05, 0.1) is 18.7 Å². The van der Waals surface area contributed by atoms with E-state index >= 15 is 0 Å². The number of likely N-dealkylation sites (N-methyl/N-ethyl adjacent to an activating group) is 1. The third-order valence-electron chi connectivity index (χ3n) is 4.02. The normalized spacial score (nSPS) is 15.5. The minimum atomic E-state index is 0.0122. The Balaban J connectivity index is 1.50. The van der Waals surface area contributed by atoms with Gasteiger partial charge in [0.25, 0.3) is 0 Å². The fraction of sp³-hybridized carbons (Fsp3) is 0.438. The van der Waals surface area contributed by atoms with Gasteiger partial charge in [-0.3, -0.25) is 14.5 Å². The second-order valence-electron chi connectivity index (χ2n) is 5.66. The number of hydrogen-bond acceptors (Lipinski definition) is 6. The maximum atomic E-state index is 12.4. The lowest BCUT2D eigenvalue weighted by atomic mass is 10.2. The number of carbonyl (C=O) groups is 2. The van der Waals surface area contributed by atoms with Gasteiger partial charge in [-0.05, 0) is 11.4 Å². The van der Waals surface area contributed by atoms with Crippen LogP contribution >= 0.6 is 22.7 Å². The lowest BCUT2D eigenvalue weighted by molar-refractivity contribution is -0.132. The van der Waals surface area contributed by atoms with E-state index in [-0.39, 0.29) is 11.8 Å². The van der Waals surface area contributed by atoms with Crippen molar-refractivity contribution in [1.29, 1.82) is 0 Å². The number of nitrogens with zero attached hydrogens (tertiary/aromatic N) is 3. The molecule has 8 heteroatoms. The Morgan fingerprint density at radius 2 is 2.04 bits per heavy atom. The van der Waals surface area contributed by atoms with Crippen molar-refractivity contribution in [3.05, 3.63) is 27.9 Å². The van der Waals surface area contributed by atoms with E-state index in [0.717, 1.165) is 29.4 Å². The Hall–Kier alpha value is -1.77. The standard InChI is InChI=1S/C16H20N4O2S2/c1-17-14(21)9-19-3-5-20(6-4-19)15(22)8-13-11-24-16(18-13)12-2-7-23-10-12/h2,7,10-11H,3-6,8-9H2,1H3,(H,17,21). The number of piperazine rings is 1. The lowest BCUT2D eigenvalue weighted by Crippen LogP contribution is -2.51. The minimum absolute atomic E-state index is 0.0122. The summed E-state index contributed by atoms with van der Waals surface area (Å²) in [6, 6.07) is 2.04. The van der Waals surface area contributed by atoms with Crippen molar-refractivity contribution in [2.45, 2.75) is 6.42 Å².